The highest BCUT2D eigenvalue weighted by Crippen LogP contribution is 2.25. The lowest BCUT2D eigenvalue weighted by molar-refractivity contribution is -0.124. The van der Waals surface area contributed by atoms with E-state index in [1.165, 1.54) is 31.2 Å². The monoisotopic (exact) mass is 274 g/mol. The standard InChI is InChI=1S/C17H26N2O/c1-13-9-11-14(12-10-13)17(2,16(18)20)19-15-7-5-3-4-6-8-15/h9-12,15,19H,3-8H2,1-2H3,(H2,18,20). The minimum absolute atomic E-state index is 0.300. The fraction of sp³-hybridized carbons (Fsp3) is 0.588. The first-order valence-electron chi connectivity index (χ1n) is 7.67. The maximum atomic E-state index is 12.0. The number of nitrogens with one attached hydrogen (secondary N) is 1. The normalized spacial score (nSPS) is 20.1. The van der Waals surface area contributed by atoms with E-state index in [2.05, 4.69) is 5.32 Å². The van der Waals surface area contributed by atoms with Gasteiger partial charge in [-0.2, -0.15) is 0 Å². The van der Waals surface area contributed by atoms with E-state index in [-0.39, 0.29) is 5.91 Å². The van der Waals surface area contributed by atoms with Gasteiger partial charge in [0.25, 0.3) is 0 Å². The predicted octanol–water partition coefficient (Wildman–Crippen LogP) is 3.01. The van der Waals surface area contributed by atoms with Gasteiger partial charge in [0.1, 0.15) is 5.54 Å². The smallest absolute Gasteiger partial charge is 0.242 e. The molecule has 0 aliphatic heterocycles. The molecule has 110 valence electrons. The second kappa shape index (κ2) is 6.40. The SMILES string of the molecule is Cc1ccc(C(C)(NC2CCCCCC2)C(N)=O)cc1. The van der Waals surface area contributed by atoms with Gasteiger partial charge in [0.05, 0.1) is 0 Å². The van der Waals surface area contributed by atoms with Crippen molar-refractivity contribution in [3.8, 4) is 0 Å². The average Bonchev–Trinajstić information content (AvgIpc) is 2.67. The first-order chi connectivity index (χ1) is 9.52. The summed E-state index contributed by atoms with van der Waals surface area (Å²) in [4.78, 5) is 12.0. The molecule has 1 aliphatic rings. The summed E-state index contributed by atoms with van der Waals surface area (Å²) < 4.78 is 0. The fourth-order valence-electron chi connectivity index (χ4n) is 3.02. The highest BCUT2D eigenvalue weighted by atomic mass is 16.1. The van der Waals surface area contributed by atoms with Gasteiger partial charge in [-0.3, -0.25) is 10.1 Å². The van der Waals surface area contributed by atoms with Crippen molar-refractivity contribution >= 4 is 5.91 Å². The molecule has 3 heteroatoms. The third-order valence-electron chi connectivity index (χ3n) is 4.47. The Kier molecular flexibility index (Phi) is 4.81. The van der Waals surface area contributed by atoms with Crippen LogP contribution in [-0.4, -0.2) is 11.9 Å². The van der Waals surface area contributed by atoms with Crippen LogP contribution < -0.4 is 11.1 Å². The Morgan fingerprint density at radius 1 is 1.15 bits per heavy atom. The minimum atomic E-state index is -0.775. The number of rotatable bonds is 4. The van der Waals surface area contributed by atoms with E-state index in [0.717, 1.165) is 18.4 Å². The molecular formula is C17H26N2O. The number of primary amides is 1. The summed E-state index contributed by atoms with van der Waals surface area (Å²) in [5, 5.41) is 3.53. The third-order valence-corrected chi connectivity index (χ3v) is 4.47. The molecule has 2 rings (SSSR count). The highest BCUT2D eigenvalue weighted by molar-refractivity contribution is 5.85. The van der Waals surface area contributed by atoms with Crippen LogP contribution in [0.1, 0.15) is 56.6 Å². The van der Waals surface area contributed by atoms with E-state index >= 15 is 0 Å². The molecule has 20 heavy (non-hydrogen) atoms. The Labute approximate surface area is 121 Å². The van der Waals surface area contributed by atoms with Crippen molar-refractivity contribution in [2.45, 2.75) is 64.0 Å². The number of aryl methyl sites for hydroxylation is 1. The van der Waals surface area contributed by atoms with Crippen LogP contribution in [0.15, 0.2) is 24.3 Å². The molecule has 0 radical (unpaired) electrons. The number of nitrogens with two attached hydrogens (primary N) is 1. The summed E-state index contributed by atoms with van der Waals surface area (Å²) in [5.74, 6) is -0.300. The Bertz CT molecular complexity index is 447. The van der Waals surface area contributed by atoms with Crippen LogP contribution in [-0.2, 0) is 10.3 Å². The largest absolute Gasteiger partial charge is 0.368 e. The Morgan fingerprint density at radius 2 is 1.70 bits per heavy atom. The molecule has 3 N–H and O–H groups in total. The van der Waals surface area contributed by atoms with Crippen molar-refractivity contribution in [1.82, 2.24) is 5.32 Å². The molecule has 1 fully saturated rings. The number of hydrogen-bond acceptors (Lipinski definition) is 2. The second-order valence-electron chi connectivity index (χ2n) is 6.19. The molecule has 0 saturated heterocycles. The molecule has 0 bridgehead atoms. The zero-order chi connectivity index (χ0) is 14.6. The highest BCUT2D eigenvalue weighted by Gasteiger charge is 2.35. The summed E-state index contributed by atoms with van der Waals surface area (Å²) >= 11 is 0. The molecule has 1 atom stereocenters. The van der Waals surface area contributed by atoms with Crippen molar-refractivity contribution in [3.63, 3.8) is 0 Å². The second-order valence-corrected chi connectivity index (χ2v) is 6.19. The zero-order valence-corrected chi connectivity index (χ0v) is 12.6. The van der Waals surface area contributed by atoms with Gasteiger partial charge in [0.15, 0.2) is 0 Å². The van der Waals surface area contributed by atoms with Gasteiger partial charge in [0.2, 0.25) is 5.91 Å². The summed E-state index contributed by atoms with van der Waals surface area (Å²) in [6.07, 6.45) is 7.34. The maximum Gasteiger partial charge on any atom is 0.242 e. The molecule has 0 heterocycles. The Morgan fingerprint density at radius 3 is 2.20 bits per heavy atom. The molecular weight excluding hydrogens is 248 g/mol. The molecule has 1 saturated carbocycles. The van der Waals surface area contributed by atoms with E-state index in [0.29, 0.717) is 6.04 Å². The van der Waals surface area contributed by atoms with Gasteiger partial charge in [-0.25, -0.2) is 0 Å². The first-order valence-corrected chi connectivity index (χ1v) is 7.67. The number of carbonyl (C=O) groups excluding carboxylic acids is 1. The quantitative estimate of drug-likeness (QED) is 0.829. The summed E-state index contributed by atoms with van der Waals surface area (Å²) in [5.41, 5.74) is 7.07. The van der Waals surface area contributed by atoms with Gasteiger partial charge < -0.3 is 5.73 Å². The van der Waals surface area contributed by atoms with Crippen molar-refractivity contribution in [3.05, 3.63) is 35.4 Å². The topological polar surface area (TPSA) is 55.1 Å². The Balaban J connectivity index is 2.20. The molecule has 0 spiro atoms. The van der Waals surface area contributed by atoms with Crippen molar-refractivity contribution < 1.29 is 4.79 Å². The predicted molar refractivity (Wildman–Crippen MR) is 82.4 cm³/mol. The van der Waals surface area contributed by atoms with Crippen LogP contribution in [0.3, 0.4) is 0 Å². The van der Waals surface area contributed by atoms with Crippen LogP contribution in [0.25, 0.3) is 0 Å². The van der Waals surface area contributed by atoms with Crippen molar-refractivity contribution in [2.75, 3.05) is 0 Å². The van der Waals surface area contributed by atoms with E-state index in [1.54, 1.807) is 0 Å². The molecule has 1 aromatic rings. The fourth-order valence-corrected chi connectivity index (χ4v) is 3.02. The van der Waals surface area contributed by atoms with Crippen molar-refractivity contribution in [1.29, 1.82) is 0 Å². The van der Waals surface area contributed by atoms with E-state index in [1.807, 2.05) is 38.1 Å². The van der Waals surface area contributed by atoms with E-state index in [9.17, 15) is 4.79 Å². The van der Waals surface area contributed by atoms with E-state index < -0.39 is 5.54 Å². The number of amides is 1. The molecule has 1 unspecified atom stereocenters. The number of hydrogen-bond donors (Lipinski definition) is 2. The Hall–Kier alpha value is -1.35. The van der Waals surface area contributed by atoms with Crippen molar-refractivity contribution in [2.24, 2.45) is 5.73 Å². The lowest BCUT2D eigenvalue weighted by Gasteiger charge is -2.33. The summed E-state index contributed by atoms with van der Waals surface area (Å²) in [6.45, 7) is 3.95. The van der Waals surface area contributed by atoms with Gasteiger partial charge >= 0.3 is 0 Å². The lowest BCUT2D eigenvalue weighted by Crippen LogP contribution is -2.54. The lowest BCUT2D eigenvalue weighted by atomic mass is 9.88. The van der Waals surface area contributed by atoms with Crippen LogP contribution in [0.4, 0.5) is 0 Å². The molecule has 1 aromatic carbocycles. The van der Waals surface area contributed by atoms with E-state index in [4.69, 9.17) is 5.73 Å². The molecule has 3 nitrogen and oxygen atoms in total. The maximum absolute atomic E-state index is 12.0. The van der Waals surface area contributed by atoms with Gasteiger partial charge in [0, 0.05) is 6.04 Å². The molecule has 1 aliphatic carbocycles. The zero-order valence-electron chi connectivity index (χ0n) is 12.6. The summed E-state index contributed by atoms with van der Waals surface area (Å²) in [6, 6.07) is 8.46. The third kappa shape index (κ3) is 3.40. The van der Waals surface area contributed by atoms with Crippen LogP contribution in [0.2, 0.25) is 0 Å². The van der Waals surface area contributed by atoms with Crippen LogP contribution in [0, 0.1) is 6.92 Å². The van der Waals surface area contributed by atoms with Gasteiger partial charge in [-0.1, -0.05) is 55.5 Å². The number of carbonyl (C=O) groups is 1. The first kappa shape index (κ1) is 15.0. The molecule has 0 aromatic heterocycles. The number of benzene rings is 1. The average molecular weight is 274 g/mol. The van der Waals surface area contributed by atoms with Crippen LogP contribution >= 0.6 is 0 Å². The molecule has 1 amide bonds. The minimum Gasteiger partial charge on any atom is -0.368 e. The summed E-state index contributed by atoms with van der Waals surface area (Å²) in [7, 11) is 0. The van der Waals surface area contributed by atoms with Gasteiger partial charge in [-0.05, 0) is 32.3 Å². The van der Waals surface area contributed by atoms with Crippen LogP contribution in [0.5, 0.6) is 0 Å². The van der Waals surface area contributed by atoms with Gasteiger partial charge in [-0.15, -0.1) is 0 Å².